The molecule has 0 aliphatic carbocycles. The molecular weight excluding hydrogens is 556 g/mol. The topological polar surface area (TPSA) is 77.7 Å². The predicted molar refractivity (Wildman–Crippen MR) is 165 cm³/mol. The summed E-state index contributed by atoms with van der Waals surface area (Å²) in [5.74, 6) is -0.432. The molecule has 0 atom stereocenters. The van der Waals surface area contributed by atoms with Gasteiger partial charge in [0.2, 0.25) is 5.78 Å². The van der Waals surface area contributed by atoms with Crippen molar-refractivity contribution in [3.8, 4) is 0 Å². The van der Waals surface area contributed by atoms with Crippen LogP contribution >= 0.6 is 23.4 Å². The van der Waals surface area contributed by atoms with Crippen LogP contribution in [0.25, 0.3) is 21.8 Å². The molecule has 0 aliphatic rings. The van der Waals surface area contributed by atoms with Crippen molar-refractivity contribution in [1.29, 1.82) is 0 Å². The van der Waals surface area contributed by atoms with E-state index < -0.39 is 5.97 Å². The Bertz CT molecular complexity index is 1790. The Kier molecular flexibility index (Phi) is 8.67. The van der Waals surface area contributed by atoms with Crippen LogP contribution in [0.15, 0.2) is 101 Å². The average Bonchev–Trinajstić information content (AvgIpc) is 3.31. The molecule has 1 aromatic heterocycles. The molecule has 0 amide bonds. The predicted octanol–water partition coefficient (Wildman–Crippen LogP) is 7.98. The molecule has 0 saturated carbocycles. The van der Waals surface area contributed by atoms with Gasteiger partial charge in [0.05, 0.1) is 0 Å². The van der Waals surface area contributed by atoms with Crippen LogP contribution in [-0.4, -0.2) is 33.6 Å². The van der Waals surface area contributed by atoms with Crippen LogP contribution in [0.3, 0.4) is 0 Å². The molecule has 0 bridgehead atoms. The third kappa shape index (κ3) is 6.26. The Morgan fingerprint density at radius 2 is 1.46 bits per heavy atom. The minimum atomic E-state index is -0.599. The maximum atomic E-state index is 13.7. The molecule has 0 aliphatic heterocycles. The van der Waals surface area contributed by atoms with Gasteiger partial charge >= 0.3 is 5.97 Å². The summed E-state index contributed by atoms with van der Waals surface area (Å²) >= 11 is 7.53. The Balaban J connectivity index is 1.49. The van der Waals surface area contributed by atoms with Gasteiger partial charge in [0.15, 0.2) is 5.78 Å². The normalized spacial score (nSPS) is 11.6. The fourth-order valence-electron chi connectivity index (χ4n) is 4.77. The summed E-state index contributed by atoms with van der Waals surface area (Å²) in [5.41, 5.74) is 3.71. The van der Waals surface area contributed by atoms with Gasteiger partial charge in [-0.1, -0.05) is 47.1 Å². The Hall–Kier alpha value is -4.20. The Morgan fingerprint density at radius 1 is 0.829 bits per heavy atom. The molecule has 0 spiro atoms. The average molecular weight is 583 g/mol. The lowest BCUT2D eigenvalue weighted by Crippen LogP contribution is -2.16. The van der Waals surface area contributed by atoms with Crippen molar-refractivity contribution in [3.63, 3.8) is 0 Å². The highest BCUT2D eigenvalue weighted by molar-refractivity contribution is 7.99. The summed E-state index contributed by atoms with van der Waals surface area (Å²) in [6, 6.07) is 27.8. The Morgan fingerprint density at radius 3 is 2.10 bits per heavy atom. The molecule has 5 rings (SSSR count). The second kappa shape index (κ2) is 12.5. The van der Waals surface area contributed by atoms with Crippen LogP contribution in [0, 0.1) is 0 Å². The number of carbonyl (C=O) groups is 3. The lowest BCUT2D eigenvalue weighted by Gasteiger charge is -2.07. The summed E-state index contributed by atoms with van der Waals surface area (Å²) in [6.07, 6.45) is 0.296. The fraction of sp³-hybridized carbons (Fsp3) is 0.152. The summed E-state index contributed by atoms with van der Waals surface area (Å²) in [7, 11) is 0. The van der Waals surface area contributed by atoms with Crippen molar-refractivity contribution in [1.82, 2.24) is 4.57 Å². The van der Waals surface area contributed by atoms with Crippen molar-refractivity contribution in [2.75, 3.05) is 5.75 Å². The van der Waals surface area contributed by atoms with Gasteiger partial charge in [-0.3, -0.25) is 9.59 Å². The van der Waals surface area contributed by atoms with Crippen LogP contribution in [0.5, 0.6) is 0 Å². The maximum absolute atomic E-state index is 13.7. The van der Waals surface area contributed by atoms with E-state index in [9.17, 15) is 14.4 Å². The summed E-state index contributed by atoms with van der Waals surface area (Å²) in [6.45, 7) is 4.03. The van der Waals surface area contributed by atoms with Gasteiger partial charge in [0.1, 0.15) is 5.71 Å². The van der Waals surface area contributed by atoms with E-state index in [0.717, 1.165) is 33.2 Å². The molecule has 4 aromatic carbocycles. The highest BCUT2D eigenvalue weighted by Crippen LogP contribution is 2.32. The highest BCUT2D eigenvalue weighted by Gasteiger charge is 2.20. The van der Waals surface area contributed by atoms with Crippen molar-refractivity contribution < 1.29 is 19.2 Å². The number of aryl methyl sites for hydroxylation is 1. The van der Waals surface area contributed by atoms with Gasteiger partial charge in [-0.2, -0.15) is 0 Å². The van der Waals surface area contributed by atoms with Crippen LogP contribution in [0.2, 0.25) is 5.02 Å². The van der Waals surface area contributed by atoms with Crippen molar-refractivity contribution in [3.05, 3.63) is 113 Å². The first-order valence-corrected chi connectivity index (χ1v) is 14.6. The molecular formula is C33H27ClN2O4S. The van der Waals surface area contributed by atoms with Gasteiger partial charge < -0.3 is 9.40 Å². The first kappa shape index (κ1) is 28.3. The molecule has 206 valence electrons. The number of Topliss-reactive ketones (excluding diaryl/α,β-unsaturated/α-hetero) is 1. The minimum absolute atomic E-state index is 0.0638. The SMILES string of the molecule is CCn1c2ccc(C(=O)/C(CCSc3ccc(Cl)cc3)=N/OC(C)=O)cc2c2cc(C(=O)c3ccccc3)ccc21. The number of rotatable bonds is 10. The van der Waals surface area contributed by atoms with Crippen molar-refractivity contribution in [2.24, 2.45) is 5.16 Å². The van der Waals surface area contributed by atoms with Crippen LogP contribution in [0.4, 0.5) is 0 Å². The second-order valence-corrected chi connectivity index (χ2v) is 11.0. The number of hydrogen-bond acceptors (Lipinski definition) is 6. The maximum Gasteiger partial charge on any atom is 0.331 e. The molecule has 0 radical (unpaired) electrons. The fourth-order valence-corrected chi connectivity index (χ4v) is 5.75. The van der Waals surface area contributed by atoms with Crippen LogP contribution < -0.4 is 0 Å². The quantitative estimate of drug-likeness (QED) is 0.0548. The number of nitrogens with zero attached hydrogens (tertiary/aromatic N) is 2. The monoisotopic (exact) mass is 582 g/mol. The van der Waals surface area contributed by atoms with Crippen LogP contribution in [0.1, 0.15) is 46.5 Å². The van der Waals surface area contributed by atoms with Crippen LogP contribution in [-0.2, 0) is 16.2 Å². The molecule has 0 unspecified atom stereocenters. The van der Waals surface area contributed by atoms with E-state index in [1.54, 1.807) is 30.0 Å². The number of aromatic nitrogens is 1. The Labute approximate surface area is 246 Å². The minimum Gasteiger partial charge on any atom is -0.341 e. The zero-order valence-corrected chi connectivity index (χ0v) is 24.2. The summed E-state index contributed by atoms with van der Waals surface area (Å²) in [5, 5.41) is 6.31. The van der Waals surface area contributed by atoms with Crippen molar-refractivity contribution in [2.45, 2.75) is 31.7 Å². The van der Waals surface area contributed by atoms with Crippen molar-refractivity contribution >= 4 is 68.4 Å². The van der Waals surface area contributed by atoms with E-state index in [1.165, 1.54) is 6.92 Å². The van der Waals surface area contributed by atoms with Gasteiger partial charge in [-0.25, -0.2) is 4.79 Å². The van der Waals surface area contributed by atoms with Gasteiger partial charge in [-0.05, 0) is 67.6 Å². The molecule has 41 heavy (non-hydrogen) atoms. The van der Waals surface area contributed by atoms with E-state index in [0.29, 0.717) is 33.9 Å². The van der Waals surface area contributed by atoms with Gasteiger partial charge in [0.25, 0.3) is 0 Å². The van der Waals surface area contributed by atoms with E-state index in [1.807, 2.05) is 72.8 Å². The summed E-state index contributed by atoms with van der Waals surface area (Å²) in [4.78, 5) is 44.2. The number of halogens is 1. The van der Waals surface area contributed by atoms with E-state index >= 15 is 0 Å². The lowest BCUT2D eigenvalue weighted by atomic mass is 9.99. The molecule has 0 N–H and O–H groups in total. The smallest absolute Gasteiger partial charge is 0.331 e. The number of carbonyl (C=O) groups excluding carboxylic acids is 3. The molecule has 5 aromatic rings. The molecule has 1 heterocycles. The largest absolute Gasteiger partial charge is 0.341 e. The van der Waals surface area contributed by atoms with E-state index in [4.69, 9.17) is 16.4 Å². The van der Waals surface area contributed by atoms with E-state index in [-0.39, 0.29) is 17.3 Å². The number of hydrogen-bond donors (Lipinski definition) is 0. The first-order valence-electron chi connectivity index (χ1n) is 13.2. The molecule has 6 nitrogen and oxygen atoms in total. The van der Waals surface area contributed by atoms with Gasteiger partial charge in [-0.15, -0.1) is 11.8 Å². The van der Waals surface area contributed by atoms with Gasteiger partial charge in [0, 0.05) is 74.1 Å². The molecule has 8 heteroatoms. The third-order valence-electron chi connectivity index (χ3n) is 6.71. The number of fused-ring (bicyclic) bond motifs is 3. The molecule has 0 saturated heterocycles. The first-order chi connectivity index (χ1) is 19.9. The van der Waals surface area contributed by atoms with E-state index in [2.05, 4.69) is 16.6 Å². The third-order valence-corrected chi connectivity index (χ3v) is 7.97. The zero-order chi connectivity index (χ0) is 28.9. The number of ketones is 2. The number of oxime groups is 1. The second-order valence-electron chi connectivity index (χ2n) is 9.41. The summed E-state index contributed by atoms with van der Waals surface area (Å²) < 4.78 is 2.16. The lowest BCUT2D eigenvalue weighted by molar-refractivity contribution is -0.140. The number of thioether (sulfide) groups is 1. The zero-order valence-electron chi connectivity index (χ0n) is 22.6. The molecule has 0 fully saturated rings. The standard InChI is InChI=1S/C33H27ClN2O4S/c1-3-36-30-15-9-23(32(38)22-7-5-4-6-8-22)19-27(30)28-20-24(10-16-31(28)36)33(39)29(35-40-21(2)37)17-18-41-26-13-11-25(34)12-14-26/h4-16,19-20H,3,17-18H2,1-2H3/b35-29+. The number of benzene rings is 4. The highest BCUT2D eigenvalue weighted by atomic mass is 35.5.